The van der Waals surface area contributed by atoms with Crippen molar-refractivity contribution >= 4 is 11.6 Å². The second-order valence-electron chi connectivity index (χ2n) is 6.07. The Hall–Kier alpha value is -0.570. The second-order valence-corrected chi connectivity index (χ2v) is 6.51. The van der Waals surface area contributed by atoms with Crippen LogP contribution < -0.4 is 0 Å². The zero-order chi connectivity index (χ0) is 13.2. The van der Waals surface area contributed by atoms with Gasteiger partial charge in [-0.1, -0.05) is 23.7 Å². The Morgan fingerprint density at radius 1 is 1.11 bits per heavy atom. The first-order chi connectivity index (χ1) is 9.22. The first-order valence-corrected chi connectivity index (χ1v) is 7.78. The summed E-state index contributed by atoms with van der Waals surface area (Å²) in [5.41, 5.74) is 1.43. The van der Waals surface area contributed by atoms with E-state index in [1.165, 1.54) is 51.0 Å². The van der Waals surface area contributed by atoms with E-state index in [0.29, 0.717) is 5.92 Å². The van der Waals surface area contributed by atoms with E-state index in [1.807, 2.05) is 6.07 Å². The number of hydrogen-bond acceptors (Lipinski definition) is 2. The fraction of sp³-hybridized carbons (Fsp3) is 0.625. The van der Waals surface area contributed by atoms with Gasteiger partial charge in [-0.25, -0.2) is 0 Å². The van der Waals surface area contributed by atoms with Crippen LogP contribution in [0.25, 0.3) is 0 Å². The van der Waals surface area contributed by atoms with Crippen LogP contribution in [0.15, 0.2) is 24.3 Å². The Morgan fingerprint density at radius 3 is 2.53 bits per heavy atom. The number of halogens is 1. The van der Waals surface area contributed by atoms with Crippen molar-refractivity contribution in [3.63, 3.8) is 0 Å². The molecule has 104 valence electrons. The number of hydrogen-bond donors (Lipinski definition) is 0. The maximum atomic E-state index is 6.10. The number of piperidine rings is 1. The van der Waals surface area contributed by atoms with E-state index in [2.05, 4.69) is 35.0 Å². The summed E-state index contributed by atoms with van der Waals surface area (Å²) in [7, 11) is 2.23. The van der Waals surface area contributed by atoms with Crippen molar-refractivity contribution in [2.75, 3.05) is 33.2 Å². The molecule has 2 nitrogen and oxygen atoms in total. The lowest BCUT2D eigenvalue weighted by Crippen LogP contribution is -2.42. The summed E-state index contributed by atoms with van der Waals surface area (Å²) in [6, 6.07) is 9.22. The van der Waals surface area contributed by atoms with Gasteiger partial charge in [0, 0.05) is 17.6 Å². The molecule has 0 aliphatic carbocycles. The predicted octanol–water partition coefficient (Wildman–Crippen LogP) is 3.22. The minimum Gasteiger partial charge on any atom is -0.305 e. The van der Waals surface area contributed by atoms with Gasteiger partial charge in [-0.15, -0.1) is 0 Å². The first-order valence-electron chi connectivity index (χ1n) is 7.40. The zero-order valence-corrected chi connectivity index (χ0v) is 12.4. The number of likely N-dealkylation sites (N-methyl/N-ethyl adjacent to an activating group) is 1. The molecule has 1 atom stereocenters. The van der Waals surface area contributed by atoms with Crippen LogP contribution in [0.4, 0.5) is 0 Å². The maximum absolute atomic E-state index is 6.10. The van der Waals surface area contributed by atoms with E-state index in [4.69, 9.17) is 11.6 Å². The molecule has 0 bridgehead atoms. The van der Waals surface area contributed by atoms with Crippen LogP contribution >= 0.6 is 11.6 Å². The fourth-order valence-corrected chi connectivity index (χ4v) is 3.77. The van der Waals surface area contributed by atoms with Gasteiger partial charge in [0.05, 0.1) is 0 Å². The van der Waals surface area contributed by atoms with Gasteiger partial charge in [-0.05, 0) is 69.6 Å². The Balaban J connectivity index is 1.57. The topological polar surface area (TPSA) is 6.48 Å². The van der Waals surface area contributed by atoms with E-state index >= 15 is 0 Å². The standard InChI is InChI=1S/C16H23ClN2/c1-18-8-7-16(12-18)19-9-5-13(6-10-19)14-3-2-4-15(17)11-14/h2-4,11,13,16H,5-10,12H2,1H3. The van der Waals surface area contributed by atoms with Gasteiger partial charge in [-0.3, -0.25) is 4.90 Å². The zero-order valence-electron chi connectivity index (χ0n) is 11.7. The molecule has 1 aromatic rings. The van der Waals surface area contributed by atoms with E-state index in [0.717, 1.165) is 11.1 Å². The monoisotopic (exact) mass is 278 g/mol. The van der Waals surface area contributed by atoms with Gasteiger partial charge in [0.2, 0.25) is 0 Å². The van der Waals surface area contributed by atoms with Gasteiger partial charge in [0.25, 0.3) is 0 Å². The molecule has 3 heteroatoms. The van der Waals surface area contributed by atoms with E-state index in [1.54, 1.807) is 0 Å². The minimum absolute atomic E-state index is 0.703. The van der Waals surface area contributed by atoms with Crippen molar-refractivity contribution in [1.29, 1.82) is 0 Å². The fourth-order valence-electron chi connectivity index (χ4n) is 3.57. The van der Waals surface area contributed by atoms with Crippen molar-refractivity contribution in [2.24, 2.45) is 0 Å². The largest absolute Gasteiger partial charge is 0.305 e. The average Bonchev–Trinajstić information content (AvgIpc) is 2.86. The molecule has 1 unspecified atom stereocenters. The highest BCUT2D eigenvalue weighted by Gasteiger charge is 2.29. The average molecular weight is 279 g/mol. The summed E-state index contributed by atoms with van der Waals surface area (Å²) in [5.74, 6) is 0.703. The Morgan fingerprint density at radius 2 is 1.89 bits per heavy atom. The van der Waals surface area contributed by atoms with Gasteiger partial charge in [-0.2, -0.15) is 0 Å². The molecule has 0 N–H and O–H groups in total. The molecule has 2 saturated heterocycles. The molecule has 2 aliphatic heterocycles. The molecule has 19 heavy (non-hydrogen) atoms. The highest BCUT2D eigenvalue weighted by Crippen LogP contribution is 2.31. The van der Waals surface area contributed by atoms with Crippen LogP contribution in [0, 0.1) is 0 Å². The van der Waals surface area contributed by atoms with Gasteiger partial charge in [0.1, 0.15) is 0 Å². The van der Waals surface area contributed by atoms with Crippen LogP contribution in [0.2, 0.25) is 5.02 Å². The lowest BCUT2D eigenvalue weighted by Gasteiger charge is -2.36. The number of benzene rings is 1. The van der Waals surface area contributed by atoms with Crippen molar-refractivity contribution in [2.45, 2.75) is 31.2 Å². The molecular formula is C16H23ClN2. The van der Waals surface area contributed by atoms with Crippen LogP contribution in [0.5, 0.6) is 0 Å². The minimum atomic E-state index is 0.703. The molecule has 2 fully saturated rings. The Kier molecular flexibility index (Phi) is 4.11. The molecule has 0 spiro atoms. The van der Waals surface area contributed by atoms with Gasteiger partial charge < -0.3 is 4.90 Å². The summed E-state index contributed by atoms with van der Waals surface area (Å²) >= 11 is 6.10. The molecule has 2 aliphatic rings. The predicted molar refractivity (Wildman–Crippen MR) is 80.9 cm³/mol. The van der Waals surface area contributed by atoms with Crippen LogP contribution in [0.1, 0.15) is 30.7 Å². The third-order valence-corrected chi connectivity index (χ3v) is 4.97. The maximum Gasteiger partial charge on any atom is 0.0408 e. The SMILES string of the molecule is CN1CCC(N2CCC(c3cccc(Cl)c3)CC2)C1. The number of nitrogens with zero attached hydrogens (tertiary/aromatic N) is 2. The second kappa shape index (κ2) is 5.82. The summed E-state index contributed by atoms with van der Waals surface area (Å²) in [5, 5.41) is 0.873. The van der Waals surface area contributed by atoms with Crippen LogP contribution in [-0.4, -0.2) is 49.1 Å². The summed E-state index contributed by atoms with van der Waals surface area (Å²) in [4.78, 5) is 5.15. The summed E-state index contributed by atoms with van der Waals surface area (Å²) in [6.07, 6.45) is 3.90. The van der Waals surface area contributed by atoms with Crippen molar-refractivity contribution < 1.29 is 0 Å². The smallest absolute Gasteiger partial charge is 0.0408 e. The third-order valence-electron chi connectivity index (χ3n) is 4.73. The Bertz CT molecular complexity index is 427. The third kappa shape index (κ3) is 3.13. The summed E-state index contributed by atoms with van der Waals surface area (Å²) in [6.45, 7) is 5.01. The van der Waals surface area contributed by atoms with Crippen LogP contribution in [-0.2, 0) is 0 Å². The molecule has 0 amide bonds. The number of likely N-dealkylation sites (tertiary alicyclic amines) is 2. The van der Waals surface area contributed by atoms with Crippen LogP contribution in [0.3, 0.4) is 0 Å². The lowest BCUT2D eigenvalue weighted by molar-refractivity contribution is 0.154. The molecule has 2 heterocycles. The molecule has 0 aromatic heterocycles. The molecule has 1 aromatic carbocycles. The van der Waals surface area contributed by atoms with Crippen molar-refractivity contribution in [3.05, 3.63) is 34.9 Å². The molecular weight excluding hydrogens is 256 g/mol. The van der Waals surface area contributed by atoms with Crippen molar-refractivity contribution in [3.8, 4) is 0 Å². The highest BCUT2D eigenvalue weighted by molar-refractivity contribution is 6.30. The van der Waals surface area contributed by atoms with Gasteiger partial charge >= 0.3 is 0 Å². The first kappa shape index (κ1) is 13.4. The molecule has 0 saturated carbocycles. The quantitative estimate of drug-likeness (QED) is 0.820. The van der Waals surface area contributed by atoms with Crippen molar-refractivity contribution in [1.82, 2.24) is 9.80 Å². The van der Waals surface area contributed by atoms with E-state index in [9.17, 15) is 0 Å². The molecule has 3 rings (SSSR count). The van der Waals surface area contributed by atoms with E-state index < -0.39 is 0 Å². The number of rotatable bonds is 2. The summed E-state index contributed by atoms with van der Waals surface area (Å²) < 4.78 is 0. The lowest BCUT2D eigenvalue weighted by atomic mass is 9.89. The molecule has 0 radical (unpaired) electrons. The van der Waals surface area contributed by atoms with Gasteiger partial charge in [0.15, 0.2) is 0 Å². The highest BCUT2D eigenvalue weighted by atomic mass is 35.5. The Labute approximate surface area is 121 Å². The normalized spacial score (nSPS) is 26.9. The van der Waals surface area contributed by atoms with E-state index in [-0.39, 0.29) is 0 Å².